The molecule has 0 fully saturated rings. The summed E-state index contributed by atoms with van der Waals surface area (Å²) in [6.45, 7) is 5.00. The van der Waals surface area contributed by atoms with Gasteiger partial charge >= 0.3 is 6.09 Å². The van der Waals surface area contributed by atoms with Gasteiger partial charge in [0.1, 0.15) is 11.4 Å². The predicted molar refractivity (Wildman–Crippen MR) is 94.0 cm³/mol. The first-order valence-corrected chi connectivity index (χ1v) is 8.11. The summed E-state index contributed by atoms with van der Waals surface area (Å²) in [6.07, 6.45) is -0.748. The van der Waals surface area contributed by atoms with Crippen molar-refractivity contribution in [3.8, 4) is 11.5 Å². The Labute approximate surface area is 151 Å². The number of carbonyl (C=O) groups is 1. The Morgan fingerprint density at radius 2 is 1.81 bits per heavy atom. The molecule has 2 aromatic carbocycles. The van der Waals surface area contributed by atoms with Crippen LogP contribution in [0.25, 0.3) is 0 Å². The van der Waals surface area contributed by atoms with E-state index in [1.54, 1.807) is 51.1 Å². The number of hydrogen-bond donors (Lipinski definition) is 2. The molecule has 0 aromatic heterocycles. The second kappa shape index (κ2) is 8.14. The van der Waals surface area contributed by atoms with Gasteiger partial charge in [-0.3, -0.25) is 0 Å². The lowest BCUT2D eigenvalue weighted by Gasteiger charge is -2.24. The minimum atomic E-state index is -0.930. The van der Waals surface area contributed by atoms with Crippen LogP contribution in [0.15, 0.2) is 42.5 Å². The topological polar surface area (TPSA) is 73.6 Å². The Morgan fingerprint density at radius 3 is 2.38 bits per heavy atom. The number of nitrogens with two attached hydrogens (primary N) is 1. The molecule has 7 heteroatoms. The van der Waals surface area contributed by atoms with E-state index in [4.69, 9.17) is 15.2 Å². The summed E-state index contributed by atoms with van der Waals surface area (Å²) >= 11 is 0. The van der Waals surface area contributed by atoms with Crippen LogP contribution in [0.1, 0.15) is 32.4 Å². The van der Waals surface area contributed by atoms with E-state index in [2.05, 4.69) is 5.32 Å². The number of ether oxygens (including phenoxy) is 2. The van der Waals surface area contributed by atoms with Crippen molar-refractivity contribution in [2.24, 2.45) is 5.73 Å². The minimum Gasteiger partial charge on any atom is -0.451 e. The molecule has 0 spiro atoms. The fourth-order valence-corrected chi connectivity index (χ4v) is 2.23. The molecule has 2 aromatic rings. The van der Waals surface area contributed by atoms with Crippen LogP contribution in [0, 0.1) is 11.6 Å². The standard InChI is InChI=1S/C19H22F2N2O3/c1-19(2,3)26-18(24)23-15(11-22)13-9-10-14(20)17(16(13)21)25-12-7-5-4-6-8-12/h4-10,15H,11,22H2,1-3H3,(H,23,24). The zero-order chi connectivity index (χ0) is 19.3. The van der Waals surface area contributed by atoms with Crippen molar-refractivity contribution in [1.82, 2.24) is 5.32 Å². The van der Waals surface area contributed by atoms with Gasteiger partial charge in [-0.15, -0.1) is 0 Å². The van der Waals surface area contributed by atoms with Crippen LogP contribution in [0.3, 0.4) is 0 Å². The van der Waals surface area contributed by atoms with E-state index >= 15 is 0 Å². The Hall–Kier alpha value is -2.67. The van der Waals surface area contributed by atoms with E-state index in [0.717, 1.165) is 6.07 Å². The van der Waals surface area contributed by atoms with Crippen molar-refractivity contribution in [2.75, 3.05) is 6.54 Å². The molecule has 0 aliphatic carbocycles. The van der Waals surface area contributed by atoms with Crippen molar-refractivity contribution in [1.29, 1.82) is 0 Å². The number of hydrogen-bond acceptors (Lipinski definition) is 4. The normalized spacial score (nSPS) is 12.4. The molecule has 0 saturated heterocycles. The number of alkyl carbamates (subject to hydrolysis) is 1. The van der Waals surface area contributed by atoms with Crippen molar-refractivity contribution in [3.63, 3.8) is 0 Å². The summed E-state index contributed by atoms with van der Waals surface area (Å²) in [5.41, 5.74) is 4.94. The Kier molecular flexibility index (Phi) is 6.15. The first-order valence-electron chi connectivity index (χ1n) is 8.11. The fraction of sp³-hybridized carbons (Fsp3) is 0.316. The zero-order valence-corrected chi connectivity index (χ0v) is 14.9. The highest BCUT2D eigenvalue weighted by molar-refractivity contribution is 5.68. The lowest BCUT2D eigenvalue weighted by molar-refractivity contribution is 0.0504. The Bertz CT molecular complexity index is 761. The van der Waals surface area contributed by atoms with Gasteiger partial charge in [0, 0.05) is 12.1 Å². The van der Waals surface area contributed by atoms with Crippen molar-refractivity contribution < 1.29 is 23.0 Å². The molecule has 140 valence electrons. The third kappa shape index (κ3) is 5.16. The monoisotopic (exact) mass is 364 g/mol. The molecule has 0 aliphatic heterocycles. The highest BCUT2D eigenvalue weighted by Crippen LogP contribution is 2.32. The molecule has 0 radical (unpaired) electrons. The zero-order valence-electron chi connectivity index (χ0n) is 14.9. The van der Waals surface area contributed by atoms with Gasteiger partial charge < -0.3 is 20.5 Å². The van der Waals surface area contributed by atoms with Gasteiger partial charge in [-0.05, 0) is 39.0 Å². The summed E-state index contributed by atoms with van der Waals surface area (Å²) < 4.78 is 39.4. The molecular formula is C19H22F2N2O3. The molecule has 0 saturated carbocycles. The second-order valence-electron chi connectivity index (χ2n) is 6.63. The SMILES string of the molecule is CC(C)(C)OC(=O)NC(CN)c1ccc(F)c(Oc2ccccc2)c1F. The highest BCUT2D eigenvalue weighted by atomic mass is 19.1. The maximum atomic E-state index is 14.8. The van der Waals surface area contributed by atoms with Crippen LogP contribution in [0.5, 0.6) is 11.5 Å². The predicted octanol–water partition coefficient (Wildman–Crippen LogP) is 4.28. The van der Waals surface area contributed by atoms with Crippen LogP contribution in [0.2, 0.25) is 0 Å². The molecule has 1 atom stereocenters. The summed E-state index contributed by atoms with van der Waals surface area (Å²) in [7, 11) is 0. The van der Waals surface area contributed by atoms with Crippen LogP contribution in [-0.4, -0.2) is 18.2 Å². The van der Waals surface area contributed by atoms with E-state index in [0.29, 0.717) is 0 Å². The Balaban J connectivity index is 2.27. The number of para-hydroxylation sites is 1. The van der Waals surface area contributed by atoms with Gasteiger partial charge in [0.2, 0.25) is 0 Å². The molecule has 0 bridgehead atoms. The van der Waals surface area contributed by atoms with Crippen molar-refractivity contribution in [2.45, 2.75) is 32.4 Å². The summed E-state index contributed by atoms with van der Waals surface area (Å²) in [4.78, 5) is 11.9. The second-order valence-corrected chi connectivity index (χ2v) is 6.63. The summed E-state index contributed by atoms with van der Waals surface area (Å²) in [6, 6.07) is 9.65. The maximum Gasteiger partial charge on any atom is 0.408 e. The van der Waals surface area contributed by atoms with Crippen LogP contribution < -0.4 is 15.8 Å². The molecule has 0 aliphatic rings. The van der Waals surface area contributed by atoms with E-state index in [1.807, 2.05) is 0 Å². The largest absolute Gasteiger partial charge is 0.451 e. The molecular weight excluding hydrogens is 342 g/mol. The average molecular weight is 364 g/mol. The molecule has 26 heavy (non-hydrogen) atoms. The van der Waals surface area contributed by atoms with Gasteiger partial charge in [0.25, 0.3) is 0 Å². The molecule has 5 nitrogen and oxygen atoms in total. The average Bonchev–Trinajstić information content (AvgIpc) is 2.56. The van der Waals surface area contributed by atoms with Gasteiger partial charge in [0.15, 0.2) is 17.4 Å². The molecule has 1 amide bonds. The molecule has 2 rings (SSSR count). The van der Waals surface area contributed by atoms with Crippen LogP contribution in [-0.2, 0) is 4.74 Å². The third-order valence-corrected chi connectivity index (χ3v) is 3.34. The molecule has 0 heterocycles. The number of nitrogens with one attached hydrogen (secondary N) is 1. The van der Waals surface area contributed by atoms with E-state index in [-0.39, 0.29) is 17.9 Å². The first-order chi connectivity index (χ1) is 12.2. The smallest absolute Gasteiger partial charge is 0.408 e. The molecule has 3 N–H and O–H groups in total. The van der Waals surface area contributed by atoms with E-state index < -0.39 is 35.1 Å². The maximum absolute atomic E-state index is 14.8. The van der Waals surface area contributed by atoms with Crippen molar-refractivity contribution in [3.05, 3.63) is 59.7 Å². The van der Waals surface area contributed by atoms with Crippen molar-refractivity contribution >= 4 is 6.09 Å². The number of rotatable bonds is 5. The Morgan fingerprint density at radius 1 is 1.15 bits per heavy atom. The number of benzene rings is 2. The van der Waals surface area contributed by atoms with Gasteiger partial charge in [0.05, 0.1) is 6.04 Å². The lowest BCUT2D eigenvalue weighted by Crippen LogP contribution is -2.38. The number of carbonyl (C=O) groups excluding carboxylic acids is 1. The van der Waals surface area contributed by atoms with E-state index in [1.165, 1.54) is 6.07 Å². The third-order valence-electron chi connectivity index (χ3n) is 3.34. The highest BCUT2D eigenvalue weighted by Gasteiger charge is 2.25. The first kappa shape index (κ1) is 19.7. The van der Waals surface area contributed by atoms with Gasteiger partial charge in [-0.2, -0.15) is 0 Å². The quantitative estimate of drug-likeness (QED) is 0.830. The number of halogens is 2. The summed E-state index contributed by atoms with van der Waals surface area (Å²) in [5.74, 6) is -2.06. The van der Waals surface area contributed by atoms with E-state index in [9.17, 15) is 13.6 Å². The molecule has 1 unspecified atom stereocenters. The lowest BCUT2D eigenvalue weighted by atomic mass is 10.1. The fourth-order valence-electron chi connectivity index (χ4n) is 2.23. The van der Waals surface area contributed by atoms with Gasteiger partial charge in [-0.1, -0.05) is 24.3 Å². The van der Waals surface area contributed by atoms with Crippen LogP contribution >= 0.6 is 0 Å². The minimum absolute atomic E-state index is 0.00527. The van der Waals surface area contributed by atoms with Gasteiger partial charge in [-0.25, -0.2) is 13.6 Å². The summed E-state index contributed by atoms with van der Waals surface area (Å²) in [5, 5.41) is 2.49. The number of amides is 1. The van der Waals surface area contributed by atoms with Crippen LogP contribution in [0.4, 0.5) is 13.6 Å².